The summed E-state index contributed by atoms with van der Waals surface area (Å²) in [5.74, 6) is 0.544. The van der Waals surface area contributed by atoms with Gasteiger partial charge < -0.3 is 15.2 Å². The van der Waals surface area contributed by atoms with Crippen LogP contribution in [-0.2, 0) is 11.2 Å². The molecule has 4 nitrogen and oxygen atoms in total. The number of aryl methyl sites for hydroxylation is 2. The molecule has 4 heteroatoms. The fraction of sp³-hybridized carbons (Fsp3) is 0.500. The Hall–Kier alpha value is -1.55. The van der Waals surface area contributed by atoms with E-state index >= 15 is 0 Å². The number of carbonyl (C=O) groups excluding carboxylic acids is 1. The van der Waals surface area contributed by atoms with E-state index in [2.05, 4.69) is 11.4 Å². The molecule has 100 valence electrons. The number of rotatable bonds is 5. The van der Waals surface area contributed by atoms with Gasteiger partial charge in [0.15, 0.2) is 0 Å². The van der Waals surface area contributed by atoms with Crippen LogP contribution in [0.2, 0.25) is 0 Å². The van der Waals surface area contributed by atoms with Crippen LogP contribution in [0.3, 0.4) is 0 Å². The highest BCUT2D eigenvalue weighted by atomic mass is 16.5. The number of nitrogens with one attached hydrogen (secondary N) is 1. The van der Waals surface area contributed by atoms with Crippen LogP contribution in [0.1, 0.15) is 23.6 Å². The molecule has 0 saturated heterocycles. The standard InChI is InChI=1S/C14H21NO3/c1-9-8-13(18-4)10(2)7-12(9)5-6-15-14(17)11(3)16/h7-8,11,16H,5-6H2,1-4H3,(H,15,17). The van der Waals surface area contributed by atoms with E-state index in [0.717, 1.165) is 23.3 Å². The van der Waals surface area contributed by atoms with E-state index in [1.54, 1.807) is 7.11 Å². The molecular formula is C14H21NO3. The first-order valence-corrected chi connectivity index (χ1v) is 6.05. The lowest BCUT2D eigenvalue weighted by atomic mass is 10.0. The van der Waals surface area contributed by atoms with E-state index in [0.29, 0.717) is 6.54 Å². The molecule has 0 heterocycles. The molecule has 1 atom stereocenters. The van der Waals surface area contributed by atoms with Crippen LogP contribution in [0.15, 0.2) is 12.1 Å². The van der Waals surface area contributed by atoms with Crippen molar-refractivity contribution < 1.29 is 14.6 Å². The topological polar surface area (TPSA) is 58.6 Å². The lowest BCUT2D eigenvalue weighted by Crippen LogP contribution is -2.33. The lowest BCUT2D eigenvalue weighted by Gasteiger charge is -2.12. The second kappa shape index (κ2) is 6.40. The summed E-state index contributed by atoms with van der Waals surface area (Å²) in [7, 11) is 1.66. The largest absolute Gasteiger partial charge is 0.496 e. The normalized spacial score (nSPS) is 12.1. The number of methoxy groups -OCH3 is 1. The number of hydrogen-bond donors (Lipinski definition) is 2. The third-order valence-corrected chi connectivity index (χ3v) is 2.93. The highest BCUT2D eigenvalue weighted by molar-refractivity contribution is 5.79. The minimum atomic E-state index is -0.955. The molecule has 0 aliphatic rings. The van der Waals surface area contributed by atoms with Crippen molar-refractivity contribution in [2.75, 3.05) is 13.7 Å². The van der Waals surface area contributed by atoms with Crippen molar-refractivity contribution in [1.82, 2.24) is 5.32 Å². The van der Waals surface area contributed by atoms with E-state index < -0.39 is 6.10 Å². The van der Waals surface area contributed by atoms with Gasteiger partial charge in [-0.15, -0.1) is 0 Å². The van der Waals surface area contributed by atoms with Gasteiger partial charge in [0.1, 0.15) is 11.9 Å². The Morgan fingerprint density at radius 1 is 1.39 bits per heavy atom. The zero-order chi connectivity index (χ0) is 13.7. The first kappa shape index (κ1) is 14.5. The van der Waals surface area contributed by atoms with Gasteiger partial charge in [-0.3, -0.25) is 4.79 Å². The molecule has 1 aromatic carbocycles. The number of hydrogen-bond acceptors (Lipinski definition) is 3. The van der Waals surface area contributed by atoms with Crippen LogP contribution >= 0.6 is 0 Å². The average molecular weight is 251 g/mol. The zero-order valence-corrected chi connectivity index (χ0v) is 11.4. The monoisotopic (exact) mass is 251 g/mol. The van der Waals surface area contributed by atoms with Crippen molar-refractivity contribution in [3.05, 3.63) is 28.8 Å². The summed E-state index contributed by atoms with van der Waals surface area (Å²) in [6, 6.07) is 4.07. The SMILES string of the molecule is COc1cc(C)c(CCNC(=O)C(C)O)cc1C. The maximum absolute atomic E-state index is 11.2. The van der Waals surface area contributed by atoms with Gasteiger partial charge in [-0.2, -0.15) is 0 Å². The number of carbonyl (C=O) groups is 1. The molecule has 0 aliphatic heterocycles. The Morgan fingerprint density at radius 2 is 2.06 bits per heavy atom. The molecule has 1 aromatic rings. The van der Waals surface area contributed by atoms with Crippen molar-refractivity contribution in [3.8, 4) is 5.75 Å². The van der Waals surface area contributed by atoms with Gasteiger partial charge in [-0.25, -0.2) is 0 Å². The zero-order valence-electron chi connectivity index (χ0n) is 11.4. The minimum absolute atomic E-state index is 0.335. The van der Waals surface area contributed by atoms with Gasteiger partial charge in [0.05, 0.1) is 7.11 Å². The molecular weight excluding hydrogens is 230 g/mol. The van der Waals surface area contributed by atoms with Crippen molar-refractivity contribution in [2.45, 2.75) is 33.3 Å². The maximum atomic E-state index is 11.2. The Balaban J connectivity index is 2.63. The fourth-order valence-electron chi connectivity index (χ4n) is 1.81. The second-order valence-electron chi connectivity index (χ2n) is 4.47. The number of benzene rings is 1. The number of amides is 1. The van der Waals surface area contributed by atoms with Crippen molar-refractivity contribution in [3.63, 3.8) is 0 Å². The summed E-state index contributed by atoms with van der Waals surface area (Å²) in [6.07, 6.45) is -0.210. The average Bonchev–Trinajstić information content (AvgIpc) is 2.32. The van der Waals surface area contributed by atoms with Gasteiger partial charge >= 0.3 is 0 Å². The first-order valence-electron chi connectivity index (χ1n) is 6.05. The van der Waals surface area contributed by atoms with E-state index in [-0.39, 0.29) is 5.91 Å². The van der Waals surface area contributed by atoms with Crippen LogP contribution in [0.25, 0.3) is 0 Å². The highest BCUT2D eigenvalue weighted by Crippen LogP contribution is 2.22. The molecule has 1 unspecified atom stereocenters. The number of ether oxygens (including phenoxy) is 1. The summed E-state index contributed by atoms with van der Waals surface area (Å²) < 4.78 is 5.25. The number of aliphatic hydroxyl groups is 1. The molecule has 0 bridgehead atoms. The molecule has 1 rings (SSSR count). The molecule has 0 radical (unpaired) electrons. The summed E-state index contributed by atoms with van der Waals surface area (Å²) in [6.45, 7) is 6.00. The third-order valence-electron chi connectivity index (χ3n) is 2.93. The van der Waals surface area contributed by atoms with Gasteiger partial charge in [-0.1, -0.05) is 6.07 Å². The second-order valence-corrected chi connectivity index (χ2v) is 4.47. The smallest absolute Gasteiger partial charge is 0.248 e. The van der Waals surface area contributed by atoms with Crippen molar-refractivity contribution in [2.24, 2.45) is 0 Å². The summed E-state index contributed by atoms with van der Waals surface area (Å²) in [4.78, 5) is 11.2. The molecule has 0 spiro atoms. The van der Waals surface area contributed by atoms with Crippen LogP contribution in [-0.4, -0.2) is 30.8 Å². The summed E-state index contributed by atoms with van der Waals surface area (Å²) in [5.41, 5.74) is 3.41. The molecule has 0 fully saturated rings. The van der Waals surface area contributed by atoms with E-state index in [1.807, 2.05) is 19.9 Å². The molecule has 0 aliphatic carbocycles. The molecule has 1 amide bonds. The quantitative estimate of drug-likeness (QED) is 0.830. The van der Waals surface area contributed by atoms with Gasteiger partial charge in [0.2, 0.25) is 5.91 Å². The Bertz CT molecular complexity index is 427. The highest BCUT2D eigenvalue weighted by Gasteiger charge is 2.08. The minimum Gasteiger partial charge on any atom is -0.496 e. The van der Waals surface area contributed by atoms with Crippen LogP contribution in [0.4, 0.5) is 0 Å². The first-order chi connectivity index (χ1) is 8.45. The molecule has 2 N–H and O–H groups in total. The van der Waals surface area contributed by atoms with Crippen LogP contribution in [0.5, 0.6) is 5.75 Å². The van der Waals surface area contributed by atoms with E-state index in [4.69, 9.17) is 9.84 Å². The van der Waals surface area contributed by atoms with Gasteiger partial charge in [0, 0.05) is 6.54 Å². The predicted molar refractivity (Wildman–Crippen MR) is 70.9 cm³/mol. The predicted octanol–water partition coefficient (Wildman–Crippen LogP) is 1.35. The van der Waals surface area contributed by atoms with E-state index in [1.165, 1.54) is 12.5 Å². The molecule has 0 saturated carbocycles. The summed E-state index contributed by atoms with van der Waals surface area (Å²) in [5, 5.41) is 11.7. The van der Waals surface area contributed by atoms with Gasteiger partial charge in [-0.05, 0) is 49.9 Å². The fourth-order valence-corrected chi connectivity index (χ4v) is 1.81. The lowest BCUT2D eigenvalue weighted by molar-refractivity contribution is -0.128. The summed E-state index contributed by atoms with van der Waals surface area (Å²) >= 11 is 0. The third kappa shape index (κ3) is 3.74. The number of aliphatic hydroxyl groups excluding tert-OH is 1. The maximum Gasteiger partial charge on any atom is 0.248 e. The Labute approximate surface area is 108 Å². The Kier molecular flexibility index (Phi) is 5.16. The van der Waals surface area contributed by atoms with Crippen LogP contribution < -0.4 is 10.1 Å². The molecule has 0 aromatic heterocycles. The molecule has 18 heavy (non-hydrogen) atoms. The Morgan fingerprint density at radius 3 is 2.61 bits per heavy atom. The van der Waals surface area contributed by atoms with Gasteiger partial charge in [0.25, 0.3) is 0 Å². The van der Waals surface area contributed by atoms with Crippen molar-refractivity contribution in [1.29, 1.82) is 0 Å². The van der Waals surface area contributed by atoms with Crippen LogP contribution in [0, 0.1) is 13.8 Å². The van der Waals surface area contributed by atoms with E-state index in [9.17, 15) is 4.79 Å². The van der Waals surface area contributed by atoms with Crippen molar-refractivity contribution >= 4 is 5.91 Å².